The number of fused-ring (bicyclic) bond motifs is 1. The predicted octanol–water partition coefficient (Wildman–Crippen LogP) is -0.353. The van der Waals surface area contributed by atoms with Crippen LogP contribution in [0.1, 0.15) is 13.3 Å². The number of aliphatic hydroxyl groups is 1. The summed E-state index contributed by atoms with van der Waals surface area (Å²) < 4.78 is 5.10. The molecule has 0 aliphatic carbocycles. The number of nitrogens with zero attached hydrogens (tertiary/aromatic N) is 2. The SMILES string of the molecule is C=CCOC(=O)C1=C(CN(C)CCC(N)=O)S[C@@H]2[C@@H]([C@@H](C)O)C(=O)N12. The van der Waals surface area contributed by atoms with Crippen molar-refractivity contribution in [3.63, 3.8) is 0 Å². The largest absolute Gasteiger partial charge is 0.457 e. The summed E-state index contributed by atoms with van der Waals surface area (Å²) in [4.78, 5) is 39.6. The number of β-lactam (4-membered cyclic amide) rings is 1. The highest BCUT2D eigenvalue weighted by Gasteiger charge is 2.57. The van der Waals surface area contributed by atoms with Crippen LogP contribution in [0.2, 0.25) is 0 Å². The average molecular weight is 369 g/mol. The van der Waals surface area contributed by atoms with E-state index in [4.69, 9.17) is 10.5 Å². The van der Waals surface area contributed by atoms with Crippen molar-refractivity contribution in [2.45, 2.75) is 24.8 Å². The molecule has 0 radical (unpaired) electrons. The maximum absolute atomic E-state index is 12.4. The lowest BCUT2D eigenvalue weighted by Crippen LogP contribution is -2.60. The van der Waals surface area contributed by atoms with Crippen molar-refractivity contribution < 1.29 is 24.2 Å². The lowest BCUT2D eigenvalue weighted by atomic mass is 9.92. The molecule has 0 unspecified atom stereocenters. The summed E-state index contributed by atoms with van der Waals surface area (Å²) >= 11 is 1.37. The number of carbonyl (C=O) groups is 3. The molecule has 3 N–H and O–H groups in total. The Morgan fingerprint density at radius 1 is 1.56 bits per heavy atom. The van der Waals surface area contributed by atoms with Gasteiger partial charge in [0.15, 0.2) is 0 Å². The second-order valence-electron chi connectivity index (χ2n) is 6.10. The maximum atomic E-state index is 12.4. The Labute approximate surface area is 150 Å². The maximum Gasteiger partial charge on any atom is 0.356 e. The highest BCUT2D eigenvalue weighted by atomic mass is 32.2. The molecule has 2 aliphatic heterocycles. The molecular weight excluding hydrogens is 346 g/mol. The molecule has 3 atom stereocenters. The number of carbonyl (C=O) groups excluding carboxylic acids is 3. The predicted molar refractivity (Wildman–Crippen MR) is 92.9 cm³/mol. The first-order chi connectivity index (χ1) is 11.8. The van der Waals surface area contributed by atoms with Gasteiger partial charge in [-0.3, -0.25) is 14.5 Å². The van der Waals surface area contributed by atoms with E-state index in [2.05, 4.69) is 6.58 Å². The van der Waals surface area contributed by atoms with Crippen LogP contribution in [0.5, 0.6) is 0 Å². The molecule has 2 heterocycles. The van der Waals surface area contributed by atoms with Gasteiger partial charge in [-0.05, 0) is 14.0 Å². The number of hydrogen-bond acceptors (Lipinski definition) is 7. The van der Waals surface area contributed by atoms with Crippen molar-refractivity contribution in [2.24, 2.45) is 11.7 Å². The zero-order chi connectivity index (χ0) is 18.7. The molecule has 2 rings (SSSR count). The van der Waals surface area contributed by atoms with Crippen LogP contribution in [-0.2, 0) is 19.1 Å². The summed E-state index contributed by atoms with van der Waals surface area (Å²) in [6, 6.07) is 0. The van der Waals surface area contributed by atoms with Gasteiger partial charge in [-0.1, -0.05) is 12.7 Å². The minimum absolute atomic E-state index is 0.0460. The van der Waals surface area contributed by atoms with Crippen LogP contribution < -0.4 is 5.73 Å². The fourth-order valence-corrected chi connectivity index (χ4v) is 4.47. The van der Waals surface area contributed by atoms with Crippen molar-refractivity contribution in [1.29, 1.82) is 0 Å². The van der Waals surface area contributed by atoms with E-state index in [9.17, 15) is 19.5 Å². The van der Waals surface area contributed by atoms with E-state index in [-0.39, 0.29) is 30.0 Å². The van der Waals surface area contributed by atoms with Crippen molar-refractivity contribution in [3.8, 4) is 0 Å². The number of nitrogens with two attached hydrogens (primary N) is 1. The zero-order valence-electron chi connectivity index (χ0n) is 14.3. The fourth-order valence-electron chi connectivity index (χ4n) is 2.78. The fraction of sp³-hybridized carbons (Fsp3) is 0.562. The number of likely N-dealkylation sites (N-methyl/N-ethyl adjacent to an activating group) is 1. The summed E-state index contributed by atoms with van der Waals surface area (Å²) in [5, 5.41) is 9.49. The van der Waals surface area contributed by atoms with Gasteiger partial charge >= 0.3 is 5.97 Å². The number of rotatable bonds is 9. The molecule has 0 bridgehead atoms. The summed E-state index contributed by atoms with van der Waals surface area (Å²) in [6.07, 6.45) is 0.860. The van der Waals surface area contributed by atoms with Gasteiger partial charge in [0.1, 0.15) is 17.7 Å². The molecule has 8 nitrogen and oxygen atoms in total. The van der Waals surface area contributed by atoms with Gasteiger partial charge in [0.25, 0.3) is 0 Å². The molecule has 1 fully saturated rings. The quantitative estimate of drug-likeness (QED) is 0.324. The summed E-state index contributed by atoms with van der Waals surface area (Å²) in [5.74, 6) is -1.82. The van der Waals surface area contributed by atoms with Gasteiger partial charge < -0.3 is 20.5 Å². The van der Waals surface area contributed by atoms with Crippen LogP contribution in [0, 0.1) is 5.92 Å². The van der Waals surface area contributed by atoms with E-state index in [0.717, 1.165) is 0 Å². The summed E-state index contributed by atoms with van der Waals surface area (Å²) in [6.45, 7) is 5.93. The van der Waals surface area contributed by atoms with Crippen LogP contribution in [0.15, 0.2) is 23.3 Å². The Bertz CT molecular complexity index is 619. The molecule has 9 heteroatoms. The van der Waals surface area contributed by atoms with E-state index in [0.29, 0.717) is 18.0 Å². The molecule has 25 heavy (non-hydrogen) atoms. The molecular formula is C16H23N3O5S. The highest BCUT2D eigenvalue weighted by molar-refractivity contribution is 8.04. The van der Waals surface area contributed by atoms with Gasteiger partial charge in [0.05, 0.1) is 12.0 Å². The number of esters is 1. The van der Waals surface area contributed by atoms with Gasteiger partial charge in [-0.15, -0.1) is 11.8 Å². The molecule has 0 spiro atoms. The molecule has 138 valence electrons. The minimum Gasteiger partial charge on any atom is -0.457 e. The van der Waals surface area contributed by atoms with Crippen molar-refractivity contribution >= 4 is 29.5 Å². The molecule has 0 aromatic rings. The second-order valence-corrected chi connectivity index (χ2v) is 7.31. The third-order valence-electron chi connectivity index (χ3n) is 4.05. The molecule has 2 amide bonds. The first-order valence-corrected chi connectivity index (χ1v) is 8.81. The minimum atomic E-state index is -0.793. The number of aliphatic hydroxyl groups excluding tert-OH is 1. The second kappa shape index (κ2) is 8.03. The van der Waals surface area contributed by atoms with Crippen LogP contribution in [0.4, 0.5) is 0 Å². The Hall–Kier alpha value is -1.84. The van der Waals surface area contributed by atoms with E-state index >= 15 is 0 Å². The number of ether oxygens (including phenoxy) is 1. The monoisotopic (exact) mass is 369 g/mol. The lowest BCUT2D eigenvalue weighted by Gasteiger charge is -2.43. The number of thioether (sulfide) groups is 1. The zero-order valence-corrected chi connectivity index (χ0v) is 15.1. The molecule has 0 aromatic carbocycles. The Morgan fingerprint density at radius 2 is 2.24 bits per heavy atom. The van der Waals surface area contributed by atoms with E-state index in [1.807, 2.05) is 4.90 Å². The van der Waals surface area contributed by atoms with Crippen molar-refractivity contribution in [3.05, 3.63) is 23.3 Å². The first-order valence-electron chi connectivity index (χ1n) is 7.93. The standard InChI is InChI=1S/C16H23N3O5S/c1-4-7-24-16(23)13-10(8-18(3)6-5-11(17)21)25-15-12(9(2)20)14(22)19(13)15/h4,9,12,15,20H,1,5-8H2,2-3H3,(H2,17,21)/t9-,12+,15-/m1/s1. The van der Waals surface area contributed by atoms with Gasteiger partial charge in [0.2, 0.25) is 11.8 Å². The smallest absolute Gasteiger partial charge is 0.356 e. The average Bonchev–Trinajstić information content (AvgIpc) is 2.84. The third-order valence-corrected chi connectivity index (χ3v) is 5.40. The molecule has 1 saturated heterocycles. The van der Waals surface area contributed by atoms with E-state index in [1.54, 1.807) is 14.0 Å². The molecule has 2 aliphatic rings. The number of primary amides is 1. The number of amides is 2. The Kier molecular flexibility index (Phi) is 6.26. The summed E-state index contributed by atoms with van der Waals surface area (Å²) in [5.41, 5.74) is 5.37. The highest BCUT2D eigenvalue weighted by Crippen LogP contribution is 2.50. The lowest BCUT2D eigenvalue weighted by molar-refractivity contribution is -0.157. The number of hydrogen-bond donors (Lipinski definition) is 2. The normalized spacial score (nSPS) is 23.4. The molecule has 0 saturated carbocycles. The van der Waals surface area contributed by atoms with Crippen molar-refractivity contribution in [1.82, 2.24) is 9.80 Å². The van der Waals surface area contributed by atoms with Crippen LogP contribution in [0.25, 0.3) is 0 Å². The van der Waals surface area contributed by atoms with Crippen LogP contribution >= 0.6 is 11.8 Å². The Balaban J connectivity index is 2.18. The van der Waals surface area contributed by atoms with Crippen LogP contribution in [0.3, 0.4) is 0 Å². The Morgan fingerprint density at radius 3 is 2.80 bits per heavy atom. The van der Waals surface area contributed by atoms with Gasteiger partial charge in [0, 0.05) is 24.4 Å². The third kappa shape index (κ3) is 4.05. The first kappa shape index (κ1) is 19.5. The van der Waals surface area contributed by atoms with Crippen molar-refractivity contribution in [2.75, 3.05) is 26.7 Å². The molecule has 0 aromatic heterocycles. The van der Waals surface area contributed by atoms with Gasteiger partial charge in [-0.25, -0.2) is 4.79 Å². The topological polar surface area (TPSA) is 113 Å². The van der Waals surface area contributed by atoms with Crippen LogP contribution in [-0.4, -0.2) is 70.9 Å². The van der Waals surface area contributed by atoms with Gasteiger partial charge in [-0.2, -0.15) is 0 Å². The summed E-state index contributed by atoms with van der Waals surface area (Å²) in [7, 11) is 1.80. The van der Waals surface area contributed by atoms with E-state index in [1.165, 1.54) is 22.7 Å². The van der Waals surface area contributed by atoms with E-state index < -0.39 is 23.9 Å².